The third-order valence-corrected chi connectivity index (χ3v) is 8.34. The molecule has 0 aromatic carbocycles. The number of hydrogen-bond acceptors (Lipinski definition) is 6. The summed E-state index contributed by atoms with van der Waals surface area (Å²) >= 11 is 2.93. The molecule has 164 valence electrons. The Morgan fingerprint density at radius 3 is 1.50 bits per heavy atom. The predicted molar refractivity (Wildman–Crippen MR) is 127 cm³/mol. The molecule has 0 spiro atoms. The van der Waals surface area contributed by atoms with Crippen LogP contribution in [0.15, 0.2) is 12.2 Å². The van der Waals surface area contributed by atoms with E-state index in [4.69, 9.17) is 0 Å². The molecule has 2 aliphatic carbocycles. The molecule has 6 nitrogen and oxygen atoms in total. The molecule has 2 aromatic rings. The molecule has 0 radical (unpaired) electrons. The molecule has 2 aromatic heterocycles. The monoisotopic (exact) mass is 464 g/mol. The van der Waals surface area contributed by atoms with E-state index in [1.54, 1.807) is 0 Å². The van der Waals surface area contributed by atoms with E-state index in [9.17, 15) is 20.1 Å². The lowest BCUT2D eigenvalue weighted by Crippen LogP contribution is -2.12. The largest absolute Gasteiger partial charge is 0.313 e. The minimum absolute atomic E-state index is 0.449. The van der Waals surface area contributed by atoms with Gasteiger partial charge < -0.3 is 10.6 Å². The smallest absolute Gasteiger partial charge is 0.249 e. The molecule has 2 amide bonds. The Labute approximate surface area is 195 Å². The summed E-state index contributed by atoms with van der Waals surface area (Å²) in [5.41, 5.74) is 3.23. The minimum atomic E-state index is -0.449. The molecule has 8 heteroatoms. The number of aryl methyl sites for hydroxylation is 2. The third-order valence-electron chi connectivity index (χ3n) is 5.93. The van der Waals surface area contributed by atoms with Crippen LogP contribution in [0.25, 0.3) is 0 Å². The van der Waals surface area contributed by atoms with Gasteiger partial charge in [-0.05, 0) is 62.5 Å². The molecular weight excluding hydrogens is 440 g/mol. The maximum atomic E-state index is 12.4. The van der Waals surface area contributed by atoms with Crippen LogP contribution in [-0.2, 0) is 35.3 Å². The van der Waals surface area contributed by atoms with Crippen molar-refractivity contribution in [3.63, 3.8) is 0 Å². The topological polar surface area (TPSA) is 106 Å². The fourth-order valence-corrected chi connectivity index (χ4v) is 6.84. The summed E-state index contributed by atoms with van der Waals surface area (Å²) in [6, 6.07) is 4.48. The number of carbonyl (C=O) groups is 2. The summed E-state index contributed by atoms with van der Waals surface area (Å²) in [6.45, 7) is 0. The average molecular weight is 465 g/mol. The number of carbonyl (C=O) groups excluding carboxylic acids is 2. The highest BCUT2D eigenvalue weighted by molar-refractivity contribution is 7.17. The summed E-state index contributed by atoms with van der Waals surface area (Å²) in [6.07, 6.45) is 12.6. The van der Waals surface area contributed by atoms with E-state index in [1.807, 2.05) is 0 Å². The number of fused-ring (bicyclic) bond motifs is 2. The number of anilines is 2. The van der Waals surface area contributed by atoms with Gasteiger partial charge in [-0.1, -0.05) is 12.8 Å². The molecule has 2 N–H and O–H groups in total. The minimum Gasteiger partial charge on any atom is -0.313 e. The van der Waals surface area contributed by atoms with E-state index >= 15 is 0 Å². The number of amides is 2. The van der Waals surface area contributed by atoms with E-state index < -0.39 is 11.8 Å². The molecule has 32 heavy (non-hydrogen) atoms. The molecule has 0 unspecified atom stereocenters. The summed E-state index contributed by atoms with van der Waals surface area (Å²) in [5, 5.41) is 25.8. The van der Waals surface area contributed by atoms with Crippen LogP contribution in [0.2, 0.25) is 0 Å². The predicted octanol–water partition coefficient (Wildman–Crippen LogP) is 5.22. The maximum absolute atomic E-state index is 12.4. The molecule has 0 fully saturated rings. The molecule has 0 saturated heterocycles. The second kappa shape index (κ2) is 10.1. The van der Waals surface area contributed by atoms with Gasteiger partial charge in [0.05, 0.1) is 11.1 Å². The molecular formula is C24H24N4O2S2. The number of nitriles is 2. The fourth-order valence-electron chi connectivity index (χ4n) is 4.36. The Bertz CT molecular complexity index is 1070. The zero-order valence-corrected chi connectivity index (χ0v) is 19.4. The number of nitrogens with zero attached hydrogens (tertiary/aromatic N) is 2. The third kappa shape index (κ3) is 4.77. The van der Waals surface area contributed by atoms with Crippen LogP contribution in [0, 0.1) is 22.7 Å². The van der Waals surface area contributed by atoms with Crippen molar-refractivity contribution in [3.05, 3.63) is 44.2 Å². The van der Waals surface area contributed by atoms with Crippen molar-refractivity contribution < 1.29 is 9.59 Å². The lowest BCUT2D eigenvalue weighted by molar-refractivity contribution is -0.114. The highest BCUT2D eigenvalue weighted by Crippen LogP contribution is 2.38. The normalized spacial score (nSPS) is 15.6. The number of thiophene rings is 2. The number of nitrogens with one attached hydrogen (secondary N) is 2. The first-order chi connectivity index (χ1) is 15.6. The summed E-state index contributed by atoms with van der Waals surface area (Å²) in [7, 11) is 0. The lowest BCUT2D eigenvalue weighted by atomic mass is 10.1. The Hall–Kier alpha value is -2.94. The summed E-state index contributed by atoms with van der Waals surface area (Å²) in [4.78, 5) is 27.2. The molecule has 0 atom stereocenters. The molecule has 2 aliphatic rings. The van der Waals surface area contributed by atoms with E-state index in [0.29, 0.717) is 21.1 Å². The Kier molecular flexibility index (Phi) is 7.04. The summed E-state index contributed by atoms with van der Waals surface area (Å²) in [5.74, 6) is -0.897. The van der Waals surface area contributed by atoms with E-state index in [2.05, 4.69) is 22.8 Å². The van der Waals surface area contributed by atoms with Gasteiger partial charge in [0.15, 0.2) is 0 Å². The van der Waals surface area contributed by atoms with Crippen molar-refractivity contribution in [2.75, 3.05) is 10.6 Å². The van der Waals surface area contributed by atoms with Crippen molar-refractivity contribution in [3.8, 4) is 12.1 Å². The van der Waals surface area contributed by atoms with Crippen LogP contribution in [0.3, 0.4) is 0 Å². The first-order valence-electron chi connectivity index (χ1n) is 11.0. The van der Waals surface area contributed by atoms with Crippen LogP contribution in [0.1, 0.15) is 70.5 Å². The van der Waals surface area contributed by atoms with Gasteiger partial charge in [0.1, 0.15) is 22.1 Å². The van der Waals surface area contributed by atoms with Crippen LogP contribution < -0.4 is 10.6 Å². The van der Waals surface area contributed by atoms with Gasteiger partial charge in [0.2, 0.25) is 11.8 Å². The first kappa shape index (κ1) is 22.3. The van der Waals surface area contributed by atoms with E-state index in [0.717, 1.165) is 75.3 Å². The van der Waals surface area contributed by atoms with Gasteiger partial charge in [-0.15, -0.1) is 22.7 Å². The molecule has 2 heterocycles. The highest BCUT2D eigenvalue weighted by Gasteiger charge is 2.22. The molecule has 0 aliphatic heterocycles. The van der Waals surface area contributed by atoms with Crippen LogP contribution in [0.4, 0.5) is 10.0 Å². The van der Waals surface area contributed by atoms with Crippen LogP contribution in [0.5, 0.6) is 0 Å². The SMILES string of the molecule is N#Cc1c(NC(=O)/C=C\C(=O)Nc2sc3c(c2C#N)CCCCC3)sc2c1CCCCC2. The van der Waals surface area contributed by atoms with Crippen LogP contribution in [-0.4, -0.2) is 11.8 Å². The molecule has 0 bridgehead atoms. The Morgan fingerprint density at radius 1 is 0.688 bits per heavy atom. The summed E-state index contributed by atoms with van der Waals surface area (Å²) < 4.78 is 0. The van der Waals surface area contributed by atoms with Gasteiger partial charge >= 0.3 is 0 Å². The lowest BCUT2D eigenvalue weighted by Gasteiger charge is -2.02. The quantitative estimate of drug-likeness (QED) is 0.478. The number of hydrogen-bond donors (Lipinski definition) is 2. The maximum Gasteiger partial charge on any atom is 0.249 e. The van der Waals surface area contributed by atoms with Crippen molar-refractivity contribution in [2.45, 2.75) is 64.2 Å². The second-order valence-electron chi connectivity index (χ2n) is 8.07. The van der Waals surface area contributed by atoms with Gasteiger partial charge in [0, 0.05) is 21.9 Å². The van der Waals surface area contributed by atoms with Gasteiger partial charge in [-0.3, -0.25) is 9.59 Å². The molecule has 0 saturated carbocycles. The van der Waals surface area contributed by atoms with Crippen LogP contribution >= 0.6 is 22.7 Å². The zero-order valence-electron chi connectivity index (χ0n) is 17.8. The molecule has 4 rings (SSSR count). The van der Waals surface area contributed by atoms with E-state index in [-0.39, 0.29) is 0 Å². The Morgan fingerprint density at radius 2 is 1.09 bits per heavy atom. The fraction of sp³-hybridized carbons (Fsp3) is 0.417. The highest BCUT2D eigenvalue weighted by atomic mass is 32.1. The van der Waals surface area contributed by atoms with Crippen molar-refractivity contribution in [2.24, 2.45) is 0 Å². The first-order valence-corrected chi connectivity index (χ1v) is 12.6. The second-order valence-corrected chi connectivity index (χ2v) is 10.3. The van der Waals surface area contributed by atoms with Gasteiger partial charge in [0.25, 0.3) is 0 Å². The zero-order chi connectivity index (χ0) is 22.5. The van der Waals surface area contributed by atoms with Crippen molar-refractivity contribution in [1.82, 2.24) is 0 Å². The van der Waals surface area contributed by atoms with Crippen molar-refractivity contribution >= 4 is 44.5 Å². The standard InChI is InChI=1S/C24H24N4O2S2/c25-13-17-15-7-3-1-5-9-19(15)31-23(17)27-21(29)11-12-22(30)28-24-18(14-26)16-8-4-2-6-10-20(16)32-24/h11-12H,1-10H2,(H,27,29)(H,28,30)/b12-11-. The van der Waals surface area contributed by atoms with Gasteiger partial charge in [-0.25, -0.2) is 0 Å². The Balaban J connectivity index is 1.42. The van der Waals surface area contributed by atoms with Crippen molar-refractivity contribution in [1.29, 1.82) is 10.5 Å². The van der Waals surface area contributed by atoms with E-state index in [1.165, 1.54) is 44.6 Å². The average Bonchev–Trinajstić information content (AvgIpc) is 3.04. The number of rotatable bonds is 4. The van der Waals surface area contributed by atoms with Gasteiger partial charge in [-0.2, -0.15) is 10.5 Å².